The highest BCUT2D eigenvalue weighted by atomic mass is 79.9. The van der Waals surface area contributed by atoms with Crippen molar-refractivity contribution in [3.63, 3.8) is 0 Å². The highest BCUT2D eigenvalue weighted by Gasteiger charge is 2.03. The number of nitrogens with zero attached hydrogens (tertiary/aromatic N) is 2. The summed E-state index contributed by atoms with van der Waals surface area (Å²) in [6, 6.07) is 7.04. The van der Waals surface area contributed by atoms with E-state index >= 15 is 0 Å². The zero-order valence-corrected chi connectivity index (χ0v) is 9.83. The number of hydrogen-bond donors (Lipinski definition) is 0. The van der Waals surface area contributed by atoms with Crippen molar-refractivity contribution in [3.05, 3.63) is 39.9 Å². The van der Waals surface area contributed by atoms with E-state index < -0.39 is 0 Å². The van der Waals surface area contributed by atoms with Gasteiger partial charge in [0.2, 0.25) is 4.73 Å². The molecule has 2 rings (SSSR count). The fourth-order valence-electron chi connectivity index (χ4n) is 0.969. The second-order valence-corrected chi connectivity index (χ2v) is 3.85. The maximum absolute atomic E-state index is 5.73. The van der Waals surface area contributed by atoms with Gasteiger partial charge in [-0.2, -0.15) is 4.98 Å². The van der Waals surface area contributed by atoms with Crippen molar-refractivity contribution in [3.8, 4) is 5.75 Å². The van der Waals surface area contributed by atoms with E-state index in [4.69, 9.17) is 20.9 Å². The summed E-state index contributed by atoms with van der Waals surface area (Å²) in [4.78, 5) is 3.93. The van der Waals surface area contributed by atoms with Crippen LogP contribution in [0.2, 0.25) is 5.02 Å². The first-order valence-electron chi connectivity index (χ1n) is 4.10. The molecule has 15 heavy (non-hydrogen) atoms. The molecule has 0 fully saturated rings. The van der Waals surface area contributed by atoms with Gasteiger partial charge in [-0.1, -0.05) is 11.6 Å². The number of aromatic nitrogens is 2. The van der Waals surface area contributed by atoms with Crippen molar-refractivity contribution in [2.24, 2.45) is 0 Å². The molecule has 0 N–H and O–H groups in total. The third-order valence-electron chi connectivity index (χ3n) is 1.62. The molecule has 0 bridgehead atoms. The van der Waals surface area contributed by atoms with Crippen LogP contribution in [0.5, 0.6) is 5.75 Å². The number of ether oxygens (including phenoxy) is 1. The Bertz CT molecular complexity index is 444. The monoisotopic (exact) mass is 288 g/mol. The van der Waals surface area contributed by atoms with Gasteiger partial charge in [-0.15, -0.1) is 0 Å². The van der Waals surface area contributed by atoms with Gasteiger partial charge in [0, 0.05) is 5.02 Å². The van der Waals surface area contributed by atoms with Gasteiger partial charge in [-0.3, -0.25) is 0 Å². The molecule has 0 saturated carbocycles. The van der Waals surface area contributed by atoms with E-state index in [1.54, 1.807) is 24.3 Å². The summed E-state index contributed by atoms with van der Waals surface area (Å²) >= 11 is 8.81. The number of benzene rings is 1. The Morgan fingerprint density at radius 3 is 2.67 bits per heavy atom. The summed E-state index contributed by atoms with van der Waals surface area (Å²) < 4.78 is 10.6. The molecular weight excluding hydrogens is 283 g/mol. The van der Waals surface area contributed by atoms with Gasteiger partial charge in [0.05, 0.1) is 0 Å². The molecule has 0 aliphatic carbocycles. The molecule has 0 unspecified atom stereocenters. The van der Waals surface area contributed by atoms with E-state index in [2.05, 4.69) is 26.1 Å². The van der Waals surface area contributed by atoms with Crippen LogP contribution in [0.15, 0.2) is 33.5 Å². The molecule has 0 saturated heterocycles. The van der Waals surface area contributed by atoms with Gasteiger partial charge < -0.3 is 9.26 Å². The Labute approximate surface area is 99.3 Å². The predicted molar refractivity (Wildman–Crippen MR) is 57.8 cm³/mol. The van der Waals surface area contributed by atoms with E-state index in [1.165, 1.54) is 0 Å². The van der Waals surface area contributed by atoms with Crippen LogP contribution in [-0.4, -0.2) is 10.1 Å². The SMILES string of the molecule is Clc1ccc(OCc2nc(Br)no2)cc1. The zero-order valence-electron chi connectivity index (χ0n) is 7.48. The third-order valence-corrected chi connectivity index (χ3v) is 2.19. The summed E-state index contributed by atoms with van der Waals surface area (Å²) in [7, 11) is 0. The quantitative estimate of drug-likeness (QED) is 0.871. The molecule has 1 aromatic heterocycles. The molecule has 2 aromatic rings. The minimum absolute atomic E-state index is 0.236. The van der Waals surface area contributed by atoms with E-state index in [-0.39, 0.29) is 6.61 Å². The van der Waals surface area contributed by atoms with Crippen molar-refractivity contribution in [1.82, 2.24) is 10.1 Å². The second-order valence-electron chi connectivity index (χ2n) is 2.70. The zero-order chi connectivity index (χ0) is 10.7. The van der Waals surface area contributed by atoms with Crippen LogP contribution in [0.4, 0.5) is 0 Å². The Morgan fingerprint density at radius 2 is 2.07 bits per heavy atom. The largest absolute Gasteiger partial charge is 0.484 e. The summed E-state index contributed by atoms with van der Waals surface area (Å²) in [6.45, 7) is 0.236. The predicted octanol–water partition coefficient (Wildman–Crippen LogP) is 3.06. The van der Waals surface area contributed by atoms with Crippen molar-refractivity contribution in [1.29, 1.82) is 0 Å². The van der Waals surface area contributed by atoms with Crippen LogP contribution >= 0.6 is 27.5 Å². The third kappa shape index (κ3) is 2.94. The molecular formula is C9H6BrClN2O2. The van der Waals surface area contributed by atoms with Gasteiger partial charge in [-0.25, -0.2) is 0 Å². The van der Waals surface area contributed by atoms with E-state index in [0.717, 1.165) is 0 Å². The van der Waals surface area contributed by atoms with Crippen molar-refractivity contribution in [2.75, 3.05) is 0 Å². The van der Waals surface area contributed by atoms with Crippen molar-refractivity contribution in [2.45, 2.75) is 6.61 Å². The maximum atomic E-state index is 5.73. The van der Waals surface area contributed by atoms with Crippen molar-refractivity contribution >= 4 is 27.5 Å². The minimum Gasteiger partial charge on any atom is -0.484 e. The van der Waals surface area contributed by atoms with Gasteiger partial charge >= 0.3 is 0 Å². The lowest BCUT2D eigenvalue weighted by molar-refractivity contribution is 0.242. The van der Waals surface area contributed by atoms with Gasteiger partial charge in [-0.05, 0) is 45.4 Å². The first kappa shape index (κ1) is 10.4. The van der Waals surface area contributed by atoms with Gasteiger partial charge in [0.25, 0.3) is 5.89 Å². The lowest BCUT2D eigenvalue weighted by atomic mass is 10.3. The van der Waals surface area contributed by atoms with Gasteiger partial charge in [0.15, 0.2) is 6.61 Å². The minimum atomic E-state index is 0.236. The molecule has 78 valence electrons. The molecule has 0 radical (unpaired) electrons. The van der Waals surface area contributed by atoms with Gasteiger partial charge in [0.1, 0.15) is 5.75 Å². The number of halogens is 2. The average Bonchev–Trinajstić information content (AvgIpc) is 2.64. The lowest BCUT2D eigenvalue weighted by Crippen LogP contribution is -1.95. The molecule has 0 aliphatic rings. The first-order valence-corrected chi connectivity index (χ1v) is 5.27. The Hall–Kier alpha value is -1.07. The van der Waals surface area contributed by atoms with Crippen molar-refractivity contribution < 1.29 is 9.26 Å². The molecule has 1 aromatic carbocycles. The summed E-state index contributed by atoms with van der Waals surface area (Å²) in [5.41, 5.74) is 0. The fraction of sp³-hybridized carbons (Fsp3) is 0.111. The standard InChI is InChI=1S/C9H6BrClN2O2/c10-9-12-8(15-13-9)5-14-7-3-1-6(11)2-4-7/h1-4H,5H2. The molecule has 0 amide bonds. The van der Waals surface area contributed by atoms with Crippen LogP contribution < -0.4 is 4.74 Å². The highest BCUT2D eigenvalue weighted by molar-refractivity contribution is 9.10. The fourth-order valence-corrected chi connectivity index (χ4v) is 1.36. The second kappa shape index (κ2) is 4.63. The smallest absolute Gasteiger partial charge is 0.265 e. The Kier molecular flexibility index (Phi) is 3.23. The summed E-state index contributed by atoms with van der Waals surface area (Å²) in [6.07, 6.45) is 0. The molecule has 0 aliphatic heterocycles. The van der Waals surface area contributed by atoms with E-state index in [0.29, 0.717) is 21.4 Å². The van der Waals surface area contributed by atoms with Crippen LogP contribution in [0, 0.1) is 0 Å². The molecule has 4 nitrogen and oxygen atoms in total. The number of hydrogen-bond acceptors (Lipinski definition) is 4. The van der Waals surface area contributed by atoms with Crippen LogP contribution in [-0.2, 0) is 6.61 Å². The maximum Gasteiger partial charge on any atom is 0.265 e. The highest BCUT2D eigenvalue weighted by Crippen LogP contribution is 2.16. The molecule has 1 heterocycles. The Morgan fingerprint density at radius 1 is 1.33 bits per heavy atom. The number of rotatable bonds is 3. The summed E-state index contributed by atoms with van der Waals surface area (Å²) in [5.74, 6) is 1.12. The Balaban J connectivity index is 1.96. The van der Waals surface area contributed by atoms with E-state index in [9.17, 15) is 0 Å². The molecule has 0 spiro atoms. The molecule has 0 atom stereocenters. The lowest BCUT2D eigenvalue weighted by Gasteiger charge is -2.01. The first-order chi connectivity index (χ1) is 7.24. The normalized spacial score (nSPS) is 10.3. The van der Waals surface area contributed by atoms with Crippen LogP contribution in [0.25, 0.3) is 0 Å². The molecule has 6 heteroatoms. The summed E-state index contributed by atoms with van der Waals surface area (Å²) in [5, 5.41) is 4.24. The topological polar surface area (TPSA) is 48.2 Å². The van der Waals surface area contributed by atoms with Crippen LogP contribution in [0.3, 0.4) is 0 Å². The average molecular weight is 290 g/mol. The van der Waals surface area contributed by atoms with E-state index in [1.807, 2.05) is 0 Å². The van der Waals surface area contributed by atoms with Crippen LogP contribution in [0.1, 0.15) is 5.89 Å².